The molecular weight excluding hydrogens is 353 g/mol. The van der Waals surface area contributed by atoms with E-state index < -0.39 is 5.63 Å². The highest BCUT2D eigenvalue weighted by molar-refractivity contribution is 7.22. The maximum absolute atomic E-state index is 13.4. The number of nitrogens with one attached hydrogen (secondary N) is 1. The van der Waals surface area contributed by atoms with Crippen LogP contribution in [-0.4, -0.2) is 16.5 Å². The van der Waals surface area contributed by atoms with E-state index in [0.717, 1.165) is 16.0 Å². The Hall–Kier alpha value is -3.06. The summed E-state index contributed by atoms with van der Waals surface area (Å²) in [4.78, 5) is 22.6. The Kier molecular flexibility index (Phi) is 4.22. The molecule has 0 atom stereocenters. The summed E-state index contributed by atoms with van der Waals surface area (Å²) in [5.74, 6) is -0.335. The van der Waals surface area contributed by atoms with Gasteiger partial charge in [0, 0.05) is 29.4 Å². The van der Waals surface area contributed by atoms with Gasteiger partial charge in [-0.1, -0.05) is 12.1 Å². The van der Waals surface area contributed by atoms with Gasteiger partial charge in [0.05, 0.1) is 0 Å². The molecule has 3 aromatic heterocycles. The number of aromatic nitrogens is 2. The zero-order valence-electron chi connectivity index (χ0n) is 13.8. The number of hydrogen-bond donors (Lipinski definition) is 1. The quantitative estimate of drug-likeness (QED) is 0.573. The molecule has 1 N–H and O–H groups in total. The lowest BCUT2D eigenvalue weighted by Gasteiger charge is -2.05. The molecule has 0 aliphatic carbocycles. The molecule has 0 unspecified atom stereocenters. The standard InChI is InChI=1S/C19H14FN3O2S/c1-2-22-19-23-17-15(18(24)25-19)14(11-3-5-13(20)6-4-11)16(26-17)12-7-9-21-10-8-12/h3-10H,2H2,1H3,(H,22,23). The van der Waals surface area contributed by atoms with Crippen LogP contribution in [0.5, 0.6) is 0 Å². The summed E-state index contributed by atoms with van der Waals surface area (Å²) in [5.41, 5.74) is 1.86. The van der Waals surface area contributed by atoms with E-state index in [4.69, 9.17) is 4.42 Å². The highest BCUT2D eigenvalue weighted by Gasteiger charge is 2.21. The number of nitrogens with zero attached hydrogens (tertiary/aromatic N) is 2. The molecule has 3 heterocycles. The molecule has 4 rings (SSSR count). The summed E-state index contributed by atoms with van der Waals surface area (Å²) in [5, 5.41) is 3.32. The zero-order chi connectivity index (χ0) is 18.1. The Morgan fingerprint density at radius 1 is 1.12 bits per heavy atom. The minimum atomic E-state index is -0.471. The molecule has 0 bridgehead atoms. The molecule has 0 spiro atoms. The van der Waals surface area contributed by atoms with E-state index >= 15 is 0 Å². The lowest BCUT2D eigenvalue weighted by molar-refractivity contribution is 0.518. The lowest BCUT2D eigenvalue weighted by Crippen LogP contribution is -2.06. The van der Waals surface area contributed by atoms with E-state index in [1.807, 2.05) is 19.1 Å². The molecule has 0 amide bonds. The van der Waals surface area contributed by atoms with Crippen molar-refractivity contribution in [1.82, 2.24) is 9.97 Å². The molecular formula is C19H14FN3O2S. The normalized spacial score (nSPS) is 11.0. The molecule has 0 saturated carbocycles. The number of thiophene rings is 1. The summed E-state index contributed by atoms with van der Waals surface area (Å²) in [6.07, 6.45) is 3.38. The minimum absolute atomic E-state index is 0.193. The van der Waals surface area contributed by atoms with Crippen LogP contribution in [0.2, 0.25) is 0 Å². The van der Waals surface area contributed by atoms with E-state index in [0.29, 0.717) is 22.3 Å². The Labute approximate surface area is 152 Å². The number of halogens is 1. The summed E-state index contributed by atoms with van der Waals surface area (Å²) >= 11 is 1.40. The molecule has 0 radical (unpaired) electrons. The maximum Gasteiger partial charge on any atom is 0.349 e. The first-order valence-electron chi connectivity index (χ1n) is 8.05. The number of pyridine rings is 1. The fourth-order valence-corrected chi connectivity index (χ4v) is 3.95. The van der Waals surface area contributed by atoms with Crippen LogP contribution < -0.4 is 10.9 Å². The highest BCUT2D eigenvalue weighted by Crippen LogP contribution is 2.42. The van der Waals surface area contributed by atoms with Crippen LogP contribution in [-0.2, 0) is 0 Å². The van der Waals surface area contributed by atoms with Crippen LogP contribution in [0.25, 0.3) is 31.8 Å². The molecule has 0 saturated heterocycles. The van der Waals surface area contributed by atoms with Gasteiger partial charge >= 0.3 is 5.63 Å². The molecule has 0 aliphatic rings. The van der Waals surface area contributed by atoms with Crippen molar-refractivity contribution in [2.75, 3.05) is 11.9 Å². The fraction of sp³-hybridized carbons (Fsp3) is 0.105. The van der Waals surface area contributed by atoms with Crippen molar-refractivity contribution in [3.05, 3.63) is 65.0 Å². The first kappa shape index (κ1) is 16.4. The van der Waals surface area contributed by atoms with Gasteiger partial charge in [-0.3, -0.25) is 4.98 Å². The van der Waals surface area contributed by atoms with Crippen molar-refractivity contribution in [1.29, 1.82) is 0 Å². The third kappa shape index (κ3) is 2.86. The van der Waals surface area contributed by atoms with Gasteiger partial charge in [-0.15, -0.1) is 11.3 Å². The summed E-state index contributed by atoms with van der Waals surface area (Å²) < 4.78 is 18.7. The second-order valence-electron chi connectivity index (χ2n) is 5.57. The average molecular weight is 367 g/mol. The van der Waals surface area contributed by atoms with Gasteiger partial charge in [0.2, 0.25) is 0 Å². The number of hydrogen-bond acceptors (Lipinski definition) is 6. The van der Waals surface area contributed by atoms with Gasteiger partial charge in [-0.05, 0) is 42.3 Å². The molecule has 130 valence electrons. The highest BCUT2D eigenvalue weighted by atomic mass is 32.1. The fourth-order valence-electron chi connectivity index (χ4n) is 2.77. The molecule has 0 aliphatic heterocycles. The van der Waals surface area contributed by atoms with Gasteiger partial charge in [-0.2, -0.15) is 4.98 Å². The molecule has 7 heteroatoms. The molecule has 26 heavy (non-hydrogen) atoms. The van der Waals surface area contributed by atoms with E-state index in [-0.39, 0.29) is 11.8 Å². The van der Waals surface area contributed by atoms with Crippen LogP contribution in [0.1, 0.15) is 6.92 Å². The van der Waals surface area contributed by atoms with Crippen LogP contribution >= 0.6 is 11.3 Å². The van der Waals surface area contributed by atoms with Crippen LogP contribution in [0.4, 0.5) is 10.4 Å². The number of benzene rings is 1. The van der Waals surface area contributed by atoms with Crippen LogP contribution in [0.15, 0.2) is 58.0 Å². The predicted molar refractivity (Wildman–Crippen MR) is 101 cm³/mol. The average Bonchev–Trinajstić information content (AvgIpc) is 3.03. The van der Waals surface area contributed by atoms with Gasteiger partial charge in [0.1, 0.15) is 16.0 Å². The summed E-state index contributed by atoms with van der Waals surface area (Å²) in [6, 6.07) is 9.97. The smallest absolute Gasteiger partial charge is 0.349 e. The van der Waals surface area contributed by atoms with Gasteiger partial charge < -0.3 is 9.73 Å². The van der Waals surface area contributed by atoms with Crippen molar-refractivity contribution in [2.45, 2.75) is 6.92 Å². The van der Waals surface area contributed by atoms with Crippen molar-refractivity contribution in [3.63, 3.8) is 0 Å². The number of rotatable bonds is 4. The van der Waals surface area contributed by atoms with Crippen molar-refractivity contribution >= 4 is 27.6 Å². The van der Waals surface area contributed by atoms with Crippen molar-refractivity contribution < 1.29 is 8.81 Å². The predicted octanol–water partition coefficient (Wildman–Crippen LogP) is 4.55. The van der Waals surface area contributed by atoms with Gasteiger partial charge in [0.25, 0.3) is 6.01 Å². The minimum Gasteiger partial charge on any atom is -0.389 e. The van der Waals surface area contributed by atoms with Crippen molar-refractivity contribution in [2.24, 2.45) is 0 Å². The largest absolute Gasteiger partial charge is 0.389 e. The van der Waals surface area contributed by atoms with E-state index in [1.165, 1.54) is 23.5 Å². The first-order valence-corrected chi connectivity index (χ1v) is 8.87. The third-order valence-electron chi connectivity index (χ3n) is 3.89. The molecule has 0 fully saturated rings. The van der Waals surface area contributed by atoms with E-state index in [1.54, 1.807) is 24.5 Å². The molecule has 1 aromatic carbocycles. The third-order valence-corrected chi connectivity index (χ3v) is 5.02. The zero-order valence-corrected chi connectivity index (χ0v) is 14.6. The van der Waals surface area contributed by atoms with E-state index in [9.17, 15) is 9.18 Å². The second-order valence-corrected chi connectivity index (χ2v) is 6.56. The van der Waals surface area contributed by atoms with Crippen LogP contribution in [0.3, 0.4) is 0 Å². The van der Waals surface area contributed by atoms with E-state index in [2.05, 4.69) is 15.3 Å². The summed E-state index contributed by atoms with van der Waals surface area (Å²) in [7, 11) is 0. The Morgan fingerprint density at radius 2 is 1.85 bits per heavy atom. The molecule has 4 aromatic rings. The SMILES string of the molecule is CCNc1nc2sc(-c3ccncc3)c(-c3ccc(F)cc3)c2c(=O)o1. The second kappa shape index (κ2) is 6.68. The number of anilines is 1. The first-order chi connectivity index (χ1) is 12.7. The lowest BCUT2D eigenvalue weighted by atomic mass is 10.0. The summed E-state index contributed by atoms with van der Waals surface area (Å²) in [6.45, 7) is 2.49. The topological polar surface area (TPSA) is 68.0 Å². The molecule has 5 nitrogen and oxygen atoms in total. The Balaban J connectivity index is 2.05. The monoisotopic (exact) mass is 367 g/mol. The van der Waals surface area contributed by atoms with Crippen molar-refractivity contribution in [3.8, 4) is 21.6 Å². The van der Waals surface area contributed by atoms with Gasteiger partial charge in [-0.25, -0.2) is 9.18 Å². The van der Waals surface area contributed by atoms with Gasteiger partial charge in [0.15, 0.2) is 0 Å². The number of fused-ring (bicyclic) bond motifs is 1. The van der Waals surface area contributed by atoms with Crippen LogP contribution in [0, 0.1) is 5.82 Å². The maximum atomic E-state index is 13.4. The Morgan fingerprint density at radius 3 is 2.54 bits per heavy atom. The Bertz CT molecular complexity index is 1120.